The zero-order chi connectivity index (χ0) is 20.4. The minimum atomic E-state index is -0.531. The number of allylic oxidation sites excluding steroid dienone is 1. The summed E-state index contributed by atoms with van der Waals surface area (Å²) in [6.45, 7) is 1.74. The van der Waals surface area contributed by atoms with E-state index in [9.17, 15) is 9.59 Å². The fraction of sp³-hybridized carbons (Fsp3) is 0.0833. The maximum Gasteiger partial charge on any atom is 0.319 e. The molecule has 0 bridgehead atoms. The standard InChI is InChI=1S/C24H19ClN2O2/c1-15-21(23(28)19-11-13-20(25)14-12-19)22(27-24(29)26-15)18-9-7-17(8-10-18)16-5-3-2-4-6-16/h2-14,22H,1H3,(H2,26,27,29). The third kappa shape index (κ3) is 3.93. The molecule has 0 aromatic heterocycles. The Morgan fingerprint density at radius 2 is 1.48 bits per heavy atom. The summed E-state index contributed by atoms with van der Waals surface area (Å²) in [6.07, 6.45) is 0. The Kier molecular flexibility index (Phi) is 5.19. The molecule has 1 heterocycles. The molecule has 4 rings (SSSR count). The molecule has 0 aliphatic carbocycles. The van der Waals surface area contributed by atoms with E-state index in [1.165, 1.54) is 0 Å². The molecule has 0 saturated carbocycles. The van der Waals surface area contributed by atoms with Crippen molar-refractivity contribution in [3.8, 4) is 11.1 Å². The second kappa shape index (κ2) is 7.94. The van der Waals surface area contributed by atoms with Crippen LogP contribution >= 0.6 is 11.6 Å². The van der Waals surface area contributed by atoms with Crippen LogP contribution in [0.2, 0.25) is 5.02 Å². The summed E-state index contributed by atoms with van der Waals surface area (Å²) in [4.78, 5) is 25.3. The van der Waals surface area contributed by atoms with Gasteiger partial charge in [0.2, 0.25) is 0 Å². The Morgan fingerprint density at radius 3 is 2.14 bits per heavy atom. The van der Waals surface area contributed by atoms with Gasteiger partial charge in [0.15, 0.2) is 5.78 Å². The van der Waals surface area contributed by atoms with Gasteiger partial charge in [-0.2, -0.15) is 0 Å². The molecule has 1 aliphatic rings. The van der Waals surface area contributed by atoms with Gasteiger partial charge in [0, 0.05) is 21.9 Å². The van der Waals surface area contributed by atoms with Gasteiger partial charge in [0.25, 0.3) is 0 Å². The zero-order valence-electron chi connectivity index (χ0n) is 15.8. The van der Waals surface area contributed by atoms with Gasteiger partial charge >= 0.3 is 6.03 Å². The summed E-state index contributed by atoms with van der Waals surface area (Å²) in [5.74, 6) is -0.149. The maximum absolute atomic E-state index is 13.2. The van der Waals surface area contributed by atoms with Crippen LogP contribution in [0.25, 0.3) is 11.1 Å². The number of halogens is 1. The van der Waals surface area contributed by atoms with Crippen molar-refractivity contribution in [3.63, 3.8) is 0 Å². The van der Waals surface area contributed by atoms with Crippen LogP contribution in [0.3, 0.4) is 0 Å². The van der Waals surface area contributed by atoms with Crippen LogP contribution in [0.15, 0.2) is 90.1 Å². The SMILES string of the molecule is CC1=C(C(=O)c2ccc(Cl)cc2)C(c2ccc(-c3ccccc3)cc2)NC(=O)N1. The number of rotatable bonds is 4. The van der Waals surface area contributed by atoms with E-state index in [-0.39, 0.29) is 11.8 Å². The van der Waals surface area contributed by atoms with Gasteiger partial charge in [0.1, 0.15) is 0 Å². The quantitative estimate of drug-likeness (QED) is 0.564. The lowest BCUT2D eigenvalue weighted by atomic mass is 9.89. The molecule has 1 atom stereocenters. The fourth-order valence-corrected chi connectivity index (χ4v) is 3.63. The van der Waals surface area contributed by atoms with Gasteiger partial charge in [-0.1, -0.05) is 66.2 Å². The Balaban J connectivity index is 1.70. The minimum absolute atomic E-state index is 0.149. The van der Waals surface area contributed by atoms with Crippen molar-refractivity contribution < 1.29 is 9.59 Å². The van der Waals surface area contributed by atoms with Gasteiger partial charge in [-0.05, 0) is 47.9 Å². The molecule has 1 unspecified atom stereocenters. The summed E-state index contributed by atoms with van der Waals surface area (Å²) in [5.41, 5.74) is 4.60. The third-order valence-electron chi connectivity index (χ3n) is 4.97. The lowest BCUT2D eigenvalue weighted by molar-refractivity contribution is 0.102. The molecule has 3 aromatic carbocycles. The zero-order valence-corrected chi connectivity index (χ0v) is 16.5. The summed E-state index contributed by atoms with van der Waals surface area (Å²) in [5, 5.41) is 6.16. The van der Waals surface area contributed by atoms with E-state index < -0.39 is 6.04 Å². The highest BCUT2D eigenvalue weighted by Gasteiger charge is 2.31. The van der Waals surface area contributed by atoms with Gasteiger partial charge in [-0.15, -0.1) is 0 Å². The minimum Gasteiger partial charge on any atom is -0.327 e. The van der Waals surface area contributed by atoms with Crippen molar-refractivity contribution in [2.45, 2.75) is 13.0 Å². The number of benzene rings is 3. The lowest BCUT2D eigenvalue weighted by Gasteiger charge is -2.29. The van der Waals surface area contributed by atoms with E-state index in [0.29, 0.717) is 21.9 Å². The van der Waals surface area contributed by atoms with Crippen LogP contribution in [0.4, 0.5) is 4.79 Å². The van der Waals surface area contributed by atoms with E-state index in [0.717, 1.165) is 16.7 Å². The van der Waals surface area contributed by atoms with Gasteiger partial charge in [-0.3, -0.25) is 4.79 Å². The smallest absolute Gasteiger partial charge is 0.319 e. The molecule has 0 spiro atoms. The molecule has 0 radical (unpaired) electrons. The van der Waals surface area contributed by atoms with Crippen LogP contribution in [0.5, 0.6) is 0 Å². The molecule has 29 heavy (non-hydrogen) atoms. The number of Topliss-reactive ketones (excluding diaryl/α,β-unsaturated/α-hetero) is 1. The molecular formula is C24H19ClN2O2. The van der Waals surface area contributed by atoms with E-state index in [1.807, 2.05) is 54.6 Å². The van der Waals surface area contributed by atoms with Crippen molar-refractivity contribution >= 4 is 23.4 Å². The average Bonchev–Trinajstić information content (AvgIpc) is 2.74. The van der Waals surface area contributed by atoms with Gasteiger partial charge in [0.05, 0.1) is 6.04 Å². The second-order valence-electron chi connectivity index (χ2n) is 6.89. The lowest BCUT2D eigenvalue weighted by Crippen LogP contribution is -2.45. The van der Waals surface area contributed by atoms with Crippen molar-refractivity contribution in [1.82, 2.24) is 10.6 Å². The fourth-order valence-electron chi connectivity index (χ4n) is 3.50. The molecule has 5 heteroatoms. The number of carbonyl (C=O) groups is 2. The highest BCUT2D eigenvalue weighted by molar-refractivity contribution is 6.30. The Morgan fingerprint density at radius 1 is 0.862 bits per heavy atom. The first-order valence-corrected chi connectivity index (χ1v) is 9.64. The van der Waals surface area contributed by atoms with Crippen LogP contribution in [0, 0.1) is 0 Å². The van der Waals surface area contributed by atoms with Crippen LogP contribution in [-0.2, 0) is 0 Å². The van der Waals surface area contributed by atoms with Crippen molar-refractivity contribution in [1.29, 1.82) is 0 Å². The summed E-state index contributed by atoms with van der Waals surface area (Å²) >= 11 is 5.95. The maximum atomic E-state index is 13.2. The summed E-state index contributed by atoms with van der Waals surface area (Å²) in [6, 6.07) is 23.8. The highest BCUT2D eigenvalue weighted by Crippen LogP contribution is 2.31. The third-order valence-corrected chi connectivity index (χ3v) is 5.22. The summed E-state index contributed by atoms with van der Waals surface area (Å²) in [7, 11) is 0. The molecule has 144 valence electrons. The Hall–Kier alpha value is -3.37. The molecule has 3 aromatic rings. The molecule has 2 amide bonds. The first-order valence-electron chi connectivity index (χ1n) is 9.27. The van der Waals surface area contributed by atoms with Crippen molar-refractivity contribution in [2.24, 2.45) is 0 Å². The van der Waals surface area contributed by atoms with E-state index in [4.69, 9.17) is 11.6 Å². The number of urea groups is 1. The normalized spacial score (nSPS) is 16.2. The average molecular weight is 403 g/mol. The van der Waals surface area contributed by atoms with E-state index in [1.54, 1.807) is 31.2 Å². The van der Waals surface area contributed by atoms with Crippen LogP contribution < -0.4 is 10.6 Å². The Labute approximate surface area is 174 Å². The van der Waals surface area contributed by atoms with Crippen LogP contribution in [-0.4, -0.2) is 11.8 Å². The number of amides is 2. The number of ketones is 1. The second-order valence-corrected chi connectivity index (χ2v) is 7.33. The van der Waals surface area contributed by atoms with Crippen LogP contribution in [0.1, 0.15) is 28.9 Å². The first-order chi connectivity index (χ1) is 14.0. The largest absolute Gasteiger partial charge is 0.327 e. The predicted molar refractivity (Wildman–Crippen MR) is 115 cm³/mol. The van der Waals surface area contributed by atoms with Gasteiger partial charge < -0.3 is 10.6 Å². The molecular weight excluding hydrogens is 384 g/mol. The number of hydrogen-bond acceptors (Lipinski definition) is 2. The summed E-state index contributed by atoms with van der Waals surface area (Å²) < 4.78 is 0. The van der Waals surface area contributed by atoms with Gasteiger partial charge in [-0.25, -0.2) is 4.79 Å². The van der Waals surface area contributed by atoms with Crippen molar-refractivity contribution in [3.05, 3.63) is 106 Å². The predicted octanol–water partition coefficient (Wildman–Crippen LogP) is 5.52. The first kappa shape index (κ1) is 19.0. The molecule has 0 saturated heterocycles. The molecule has 4 nitrogen and oxygen atoms in total. The van der Waals surface area contributed by atoms with E-state index in [2.05, 4.69) is 10.6 Å². The molecule has 2 N–H and O–H groups in total. The monoisotopic (exact) mass is 402 g/mol. The van der Waals surface area contributed by atoms with Crippen molar-refractivity contribution in [2.75, 3.05) is 0 Å². The Bertz CT molecular complexity index is 1090. The topological polar surface area (TPSA) is 58.2 Å². The number of hydrogen-bond donors (Lipinski definition) is 2. The van der Waals surface area contributed by atoms with E-state index >= 15 is 0 Å². The molecule has 0 fully saturated rings. The number of nitrogens with one attached hydrogen (secondary N) is 2. The molecule has 1 aliphatic heterocycles. The number of carbonyl (C=O) groups excluding carboxylic acids is 2. The highest BCUT2D eigenvalue weighted by atomic mass is 35.5.